The lowest BCUT2D eigenvalue weighted by atomic mass is 10.2. The highest BCUT2D eigenvalue weighted by Gasteiger charge is 2.21. The highest BCUT2D eigenvalue weighted by atomic mass is 32.2. The van der Waals surface area contributed by atoms with Crippen LogP contribution in [0.4, 0.5) is 8.78 Å². The standard InChI is InChI=1S/C10H16F2N2O2S/c1-10(2,3)17-5-7-13-8(16-14-7)4-6(15)9(11)12/h6,9,15H,4-5H2,1-3H3. The molecule has 1 unspecified atom stereocenters. The summed E-state index contributed by atoms with van der Waals surface area (Å²) in [5.41, 5.74) is 0. The van der Waals surface area contributed by atoms with Crippen molar-refractivity contribution < 1.29 is 18.4 Å². The van der Waals surface area contributed by atoms with Crippen LogP contribution in [0.15, 0.2) is 4.52 Å². The molecule has 1 aromatic heterocycles. The molecule has 0 amide bonds. The fraction of sp³-hybridized carbons (Fsp3) is 0.800. The highest BCUT2D eigenvalue weighted by Crippen LogP contribution is 2.26. The van der Waals surface area contributed by atoms with Crippen molar-refractivity contribution in [3.8, 4) is 0 Å². The van der Waals surface area contributed by atoms with E-state index in [-0.39, 0.29) is 17.1 Å². The van der Waals surface area contributed by atoms with Crippen LogP contribution < -0.4 is 0 Å². The maximum absolute atomic E-state index is 12.1. The summed E-state index contributed by atoms with van der Waals surface area (Å²) in [5.74, 6) is 1.06. The first-order valence-electron chi connectivity index (χ1n) is 5.19. The van der Waals surface area contributed by atoms with Crippen LogP contribution in [-0.4, -0.2) is 32.5 Å². The topological polar surface area (TPSA) is 59.2 Å². The van der Waals surface area contributed by atoms with Gasteiger partial charge in [0.15, 0.2) is 5.82 Å². The number of thioether (sulfide) groups is 1. The summed E-state index contributed by atoms with van der Waals surface area (Å²) in [7, 11) is 0. The van der Waals surface area contributed by atoms with Crippen molar-refractivity contribution in [2.45, 2.75) is 50.2 Å². The van der Waals surface area contributed by atoms with Crippen LogP contribution in [0.1, 0.15) is 32.5 Å². The number of aromatic nitrogens is 2. The van der Waals surface area contributed by atoms with E-state index in [4.69, 9.17) is 9.63 Å². The third-order valence-corrected chi connectivity index (χ3v) is 3.09. The average Bonchev–Trinajstić information content (AvgIpc) is 2.61. The highest BCUT2D eigenvalue weighted by molar-refractivity contribution is 7.99. The van der Waals surface area contributed by atoms with Crippen LogP contribution in [0, 0.1) is 0 Å². The summed E-state index contributed by atoms with van der Waals surface area (Å²) >= 11 is 1.63. The zero-order valence-corrected chi connectivity index (χ0v) is 10.8. The van der Waals surface area contributed by atoms with Gasteiger partial charge in [0.05, 0.1) is 12.2 Å². The van der Waals surface area contributed by atoms with Gasteiger partial charge in [-0.2, -0.15) is 4.98 Å². The van der Waals surface area contributed by atoms with E-state index in [1.807, 2.05) is 0 Å². The Morgan fingerprint density at radius 2 is 2.06 bits per heavy atom. The Morgan fingerprint density at radius 1 is 1.41 bits per heavy atom. The quantitative estimate of drug-likeness (QED) is 0.886. The van der Waals surface area contributed by atoms with Gasteiger partial charge in [0.2, 0.25) is 5.89 Å². The van der Waals surface area contributed by atoms with Crippen molar-refractivity contribution in [3.05, 3.63) is 11.7 Å². The van der Waals surface area contributed by atoms with Gasteiger partial charge < -0.3 is 9.63 Å². The molecule has 0 aliphatic heterocycles. The van der Waals surface area contributed by atoms with Gasteiger partial charge in [-0.3, -0.25) is 0 Å². The minimum Gasteiger partial charge on any atom is -0.387 e. The molecule has 0 spiro atoms. The van der Waals surface area contributed by atoms with Crippen LogP contribution in [0.2, 0.25) is 0 Å². The molecule has 1 atom stereocenters. The number of nitrogens with zero attached hydrogens (tertiary/aromatic N) is 2. The van der Waals surface area contributed by atoms with Gasteiger partial charge in [-0.15, -0.1) is 11.8 Å². The molecule has 1 rings (SSSR count). The number of rotatable bonds is 5. The molecule has 1 N–H and O–H groups in total. The molecule has 0 saturated heterocycles. The van der Waals surface area contributed by atoms with Crippen LogP contribution in [0.3, 0.4) is 0 Å². The summed E-state index contributed by atoms with van der Waals surface area (Å²) in [6.45, 7) is 6.16. The first-order chi connectivity index (χ1) is 7.78. The molecule has 17 heavy (non-hydrogen) atoms. The Morgan fingerprint density at radius 3 is 2.59 bits per heavy atom. The fourth-order valence-corrected chi connectivity index (χ4v) is 1.66. The van der Waals surface area contributed by atoms with E-state index in [1.54, 1.807) is 11.8 Å². The molecule has 0 aliphatic rings. The van der Waals surface area contributed by atoms with E-state index in [0.29, 0.717) is 11.6 Å². The lowest BCUT2D eigenvalue weighted by Gasteiger charge is -2.15. The average molecular weight is 266 g/mol. The fourth-order valence-electron chi connectivity index (χ4n) is 0.981. The molecular formula is C10H16F2N2O2S. The molecule has 0 fully saturated rings. The van der Waals surface area contributed by atoms with Crippen molar-refractivity contribution in [1.82, 2.24) is 10.1 Å². The molecule has 4 nitrogen and oxygen atoms in total. The second-order valence-corrected chi connectivity index (χ2v) is 6.41. The molecule has 0 bridgehead atoms. The molecule has 0 aliphatic carbocycles. The largest absolute Gasteiger partial charge is 0.387 e. The lowest BCUT2D eigenvalue weighted by Crippen LogP contribution is -2.20. The van der Waals surface area contributed by atoms with Crippen LogP contribution in [0.25, 0.3) is 0 Å². The molecule has 1 aromatic rings. The van der Waals surface area contributed by atoms with Crippen molar-refractivity contribution in [3.63, 3.8) is 0 Å². The summed E-state index contributed by atoms with van der Waals surface area (Å²) < 4.78 is 29.0. The molecule has 0 aromatic carbocycles. The van der Waals surface area contributed by atoms with Crippen molar-refractivity contribution in [2.24, 2.45) is 0 Å². The van der Waals surface area contributed by atoms with E-state index in [9.17, 15) is 8.78 Å². The van der Waals surface area contributed by atoms with Gasteiger partial charge in [-0.1, -0.05) is 25.9 Å². The van der Waals surface area contributed by atoms with E-state index in [0.717, 1.165) is 0 Å². The van der Waals surface area contributed by atoms with Crippen LogP contribution >= 0.6 is 11.8 Å². The van der Waals surface area contributed by atoms with E-state index >= 15 is 0 Å². The first-order valence-corrected chi connectivity index (χ1v) is 6.18. The summed E-state index contributed by atoms with van der Waals surface area (Å²) in [6.07, 6.45) is -4.86. The Bertz CT molecular complexity index is 352. The Hall–Kier alpha value is -0.690. The number of alkyl halides is 2. The monoisotopic (exact) mass is 266 g/mol. The van der Waals surface area contributed by atoms with Crippen LogP contribution in [-0.2, 0) is 12.2 Å². The minimum absolute atomic E-state index is 0.0438. The molecule has 0 saturated carbocycles. The van der Waals surface area contributed by atoms with Crippen molar-refractivity contribution >= 4 is 11.8 Å². The number of aliphatic hydroxyl groups excluding tert-OH is 1. The molecular weight excluding hydrogens is 250 g/mol. The Labute approximate surface area is 103 Å². The molecule has 7 heteroatoms. The molecule has 98 valence electrons. The number of halogens is 2. The lowest BCUT2D eigenvalue weighted by molar-refractivity contribution is -0.00754. The van der Waals surface area contributed by atoms with Gasteiger partial charge in [0.25, 0.3) is 6.43 Å². The second-order valence-electron chi connectivity index (χ2n) is 4.61. The molecule has 1 heterocycles. The number of hydrogen-bond acceptors (Lipinski definition) is 5. The Balaban J connectivity index is 2.48. The number of aliphatic hydroxyl groups is 1. The van der Waals surface area contributed by atoms with Gasteiger partial charge >= 0.3 is 0 Å². The maximum atomic E-state index is 12.1. The zero-order chi connectivity index (χ0) is 13.1. The van der Waals surface area contributed by atoms with Gasteiger partial charge in [0.1, 0.15) is 6.10 Å². The van der Waals surface area contributed by atoms with E-state index < -0.39 is 12.5 Å². The van der Waals surface area contributed by atoms with Crippen LogP contribution in [0.5, 0.6) is 0 Å². The number of hydrogen-bond donors (Lipinski definition) is 1. The Kier molecular flexibility index (Phi) is 4.88. The maximum Gasteiger partial charge on any atom is 0.264 e. The predicted molar refractivity (Wildman–Crippen MR) is 61.1 cm³/mol. The third-order valence-electron chi connectivity index (χ3n) is 1.82. The smallest absolute Gasteiger partial charge is 0.264 e. The van der Waals surface area contributed by atoms with Crippen molar-refractivity contribution in [2.75, 3.05) is 0 Å². The van der Waals surface area contributed by atoms with E-state index in [1.165, 1.54) is 0 Å². The second kappa shape index (κ2) is 5.77. The predicted octanol–water partition coefficient (Wildman–Crippen LogP) is 2.27. The normalized spacial score (nSPS) is 14.3. The summed E-state index contributed by atoms with van der Waals surface area (Å²) in [4.78, 5) is 3.94. The van der Waals surface area contributed by atoms with Gasteiger partial charge in [0, 0.05) is 4.75 Å². The van der Waals surface area contributed by atoms with E-state index in [2.05, 4.69) is 30.9 Å². The minimum atomic E-state index is -2.80. The van der Waals surface area contributed by atoms with Gasteiger partial charge in [-0.05, 0) is 0 Å². The molecule has 0 radical (unpaired) electrons. The van der Waals surface area contributed by atoms with Gasteiger partial charge in [-0.25, -0.2) is 8.78 Å². The zero-order valence-electron chi connectivity index (χ0n) is 9.98. The third kappa shape index (κ3) is 5.45. The SMILES string of the molecule is CC(C)(C)SCc1noc(CC(O)C(F)F)n1. The first kappa shape index (κ1) is 14.4. The summed E-state index contributed by atoms with van der Waals surface area (Å²) in [5, 5.41) is 12.6. The van der Waals surface area contributed by atoms with Crippen molar-refractivity contribution in [1.29, 1.82) is 0 Å². The summed E-state index contributed by atoms with van der Waals surface area (Å²) in [6, 6.07) is 0.